The van der Waals surface area contributed by atoms with E-state index in [1.54, 1.807) is 18.2 Å². The third-order valence-electron chi connectivity index (χ3n) is 3.07. The minimum absolute atomic E-state index is 0.0240. The van der Waals surface area contributed by atoms with Crippen molar-refractivity contribution in [3.63, 3.8) is 0 Å². The molecule has 94 valence electrons. The molecule has 0 saturated heterocycles. The molecule has 3 rings (SSSR count). The van der Waals surface area contributed by atoms with E-state index in [2.05, 4.69) is 5.32 Å². The van der Waals surface area contributed by atoms with Gasteiger partial charge in [-0.25, -0.2) is 0 Å². The fourth-order valence-electron chi connectivity index (χ4n) is 1.83. The fraction of sp³-hybridized carbons (Fsp3) is 0.385. The molecule has 1 saturated carbocycles. The number of hydrogen-bond donors (Lipinski definition) is 1. The second-order valence-corrected chi connectivity index (χ2v) is 4.48. The standard InChI is InChI=1S/C13H13NO4/c15-10(6-14-13(16)8-1-2-8)9-3-4-11-12(5-9)18-7-17-11/h3-5,8H,1-2,6-7H2,(H,14,16). The molecule has 1 fully saturated rings. The van der Waals surface area contributed by atoms with Gasteiger partial charge in [0, 0.05) is 11.5 Å². The average Bonchev–Trinajstić information content (AvgIpc) is 3.13. The fourth-order valence-corrected chi connectivity index (χ4v) is 1.83. The highest BCUT2D eigenvalue weighted by molar-refractivity contribution is 6.00. The predicted octanol–water partition coefficient (Wildman–Crippen LogP) is 1.12. The SMILES string of the molecule is O=C(CNC(=O)C1CC1)c1ccc2c(c1)OCO2. The van der Waals surface area contributed by atoms with E-state index in [1.165, 1.54) is 0 Å². The maximum atomic E-state index is 11.9. The summed E-state index contributed by atoms with van der Waals surface area (Å²) in [5, 5.41) is 2.65. The normalized spacial score (nSPS) is 16.4. The Bertz CT molecular complexity index is 508. The largest absolute Gasteiger partial charge is 0.454 e. The molecule has 1 aliphatic carbocycles. The van der Waals surface area contributed by atoms with E-state index in [-0.39, 0.29) is 30.9 Å². The van der Waals surface area contributed by atoms with Gasteiger partial charge in [-0.1, -0.05) is 0 Å². The molecule has 0 atom stereocenters. The van der Waals surface area contributed by atoms with Crippen molar-refractivity contribution in [2.45, 2.75) is 12.8 Å². The van der Waals surface area contributed by atoms with E-state index in [1.807, 2.05) is 0 Å². The van der Waals surface area contributed by atoms with Crippen LogP contribution in [0, 0.1) is 5.92 Å². The molecular weight excluding hydrogens is 234 g/mol. The number of benzene rings is 1. The molecule has 1 aromatic rings. The lowest BCUT2D eigenvalue weighted by atomic mass is 10.1. The van der Waals surface area contributed by atoms with Crippen molar-refractivity contribution in [2.24, 2.45) is 5.92 Å². The number of carbonyl (C=O) groups excluding carboxylic acids is 2. The summed E-state index contributed by atoms with van der Waals surface area (Å²) in [4.78, 5) is 23.3. The molecule has 18 heavy (non-hydrogen) atoms. The first-order chi connectivity index (χ1) is 8.74. The van der Waals surface area contributed by atoms with Gasteiger partial charge in [0.05, 0.1) is 6.54 Å². The van der Waals surface area contributed by atoms with Crippen LogP contribution in [0.15, 0.2) is 18.2 Å². The van der Waals surface area contributed by atoms with Crippen molar-refractivity contribution in [1.82, 2.24) is 5.32 Å². The molecule has 1 N–H and O–H groups in total. The van der Waals surface area contributed by atoms with Crippen molar-refractivity contribution in [1.29, 1.82) is 0 Å². The second-order valence-electron chi connectivity index (χ2n) is 4.48. The number of rotatable bonds is 4. The lowest BCUT2D eigenvalue weighted by Crippen LogP contribution is -2.30. The molecule has 2 aliphatic rings. The van der Waals surface area contributed by atoms with Crippen LogP contribution in [0.1, 0.15) is 23.2 Å². The molecule has 0 bridgehead atoms. The van der Waals surface area contributed by atoms with E-state index in [4.69, 9.17) is 9.47 Å². The number of hydrogen-bond acceptors (Lipinski definition) is 4. The van der Waals surface area contributed by atoms with Gasteiger partial charge in [0.15, 0.2) is 17.3 Å². The van der Waals surface area contributed by atoms with Gasteiger partial charge in [-0.15, -0.1) is 0 Å². The van der Waals surface area contributed by atoms with Crippen LogP contribution in [-0.2, 0) is 4.79 Å². The smallest absolute Gasteiger partial charge is 0.231 e. The number of carbonyl (C=O) groups is 2. The van der Waals surface area contributed by atoms with E-state index >= 15 is 0 Å². The number of ether oxygens (including phenoxy) is 2. The summed E-state index contributed by atoms with van der Waals surface area (Å²) in [5.74, 6) is 1.20. The zero-order valence-electron chi connectivity index (χ0n) is 9.77. The highest BCUT2D eigenvalue weighted by atomic mass is 16.7. The van der Waals surface area contributed by atoms with Gasteiger partial charge < -0.3 is 14.8 Å². The summed E-state index contributed by atoms with van der Waals surface area (Å²) in [6.45, 7) is 0.223. The monoisotopic (exact) mass is 247 g/mol. The predicted molar refractivity (Wildman–Crippen MR) is 62.6 cm³/mol. The molecule has 0 unspecified atom stereocenters. The Hall–Kier alpha value is -2.04. The number of fused-ring (bicyclic) bond motifs is 1. The maximum absolute atomic E-state index is 11.9. The average molecular weight is 247 g/mol. The first-order valence-electron chi connectivity index (χ1n) is 5.94. The maximum Gasteiger partial charge on any atom is 0.231 e. The Morgan fingerprint density at radius 2 is 2.00 bits per heavy atom. The quantitative estimate of drug-likeness (QED) is 0.810. The van der Waals surface area contributed by atoms with Gasteiger partial charge in [-0.3, -0.25) is 9.59 Å². The summed E-state index contributed by atoms with van der Waals surface area (Å²) in [7, 11) is 0. The molecule has 5 nitrogen and oxygen atoms in total. The van der Waals surface area contributed by atoms with Gasteiger partial charge >= 0.3 is 0 Å². The lowest BCUT2D eigenvalue weighted by Gasteiger charge is -2.04. The Morgan fingerprint density at radius 1 is 1.22 bits per heavy atom. The highest BCUT2D eigenvalue weighted by Crippen LogP contribution is 2.32. The van der Waals surface area contributed by atoms with Gasteiger partial charge in [0.25, 0.3) is 0 Å². The molecule has 0 spiro atoms. The number of nitrogens with one attached hydrogen (secondary N) is 1. The summed E-state index contributed by atoms with van der Waals surface area (Å²) in [5.41, 5.74) is 0.523. The number of ketones is 1. The van der Waals surface area contributed by atoms with Crippen LogP contribution in [0.2, 0.25) is 0 Å². The molecule has 1 aromatic carbocycles. The molecular formula is C13H13NO4. The second kappa shape index (κ2) is 4.33. The Morgan fingerprint density at radius 3 is 2.78 bits per heavy atom. The van der Waals surface area contributed by atoms with Crippen molar-refractivity contribution < 1.29 is 19.1 Å². The molecule has 1 heterocycles. The van der Waals surface area contributed by atoms with Gasteiger partial charge in [-0.05, 0) is 31.0 Å². The third kappa shape index (κ3) is 2.16. The topological polar surface area (TPSA) is 64.6 Å². The van der Waals surface area contributed by atoms with Crippen LogP contribution in [0.25, 0.3) is 0 Å². The zero-order chi connectivity index (χ0) is 12.5. The molecule has 1 aliphatic heterocycles. The van der Waals surface area contributed by atoms with E-state index < -0.39 is 0 Å². The summed E-state index contributed by atoms with van der Waals surface area (Å²) in [6.07, 6.45) is 1.87. The highest BCUT2D eigenvalue weighted by Gasteiger charge is 2.29. The van der Waals surface area contributed by atoms with Gasteiger partial charge in [0.2, 0.25) is 12.7 Å². The van der Waals surface area contributed by atoms with Crippen LogP contribution in [0.4, 0.5) is 0 Å². The Kier molecular flexibility index (Phi) is 2.66. The Labute approximate surface area is 104 Å². The van der Waals surface area contributed by atoms with Crippen molar-refractivity contribution in [3.8, 4) is 11.5 Å². The molecule has 1 amide bonds. The summed E-state index contributed by atoms with van der Waals surface area (Å²) < 4.78 is 10.4. The molecule has 0 radical (unpaired) electrons. The van der Waals surface area contributed by atoms with Crippen LogP contribution in [0.3, 0.4) is 0 Å². The Balaban J connectivity index is 1.63. The van der Waals surface area contributed by atoms with Crippen LogP contribution < -0.4 is 14.8 Å². The van der Waals surface area contributed by atoms with E-state index in [0.717, 1.165) is 12.8 Å². The summed E-state index contributed by atoms with van der Waals surface area (Å²) >= 11 is 0. The van der Waals surface area contributed by atoms with Crippen LogP contribution in [0.5, 0.6) is 11.5 Å². The van der Waals surface area contributed by atoms with E-state index in [9.17, 15) is 9.59 Å². The van der Waals surface area contributed by atoms with Crippen LogP contribution in [-0.4, -0.2) is 25.0 Å². The van der Waals surface area contributed by atoms with Crippen molar-refractivity contribution >= 4 is 11.7 Å². The van der Waals surface area contributed by atoms with Gasteiger partial charge in [-0.2, -0.15) is 0 Å². The van der Waals surface area contributed by atoms with Crippen LogP contribution >= 0.6 is 0 Å². The minimum atomic E-state index is -0.123. The number of Topliss-reactive ketones (excluding diaryl/α,β-unsaturated/α-hetero) is 1. The first-order valence-corrected chi connectivity index (χ1v) is 5.94. The first kappa shape index (κ1) is 11.1. The number of amides is 1. The lowest BCUT2D eigenvalue weighted by molar-refractivity contribution is -0.122. The third-order valence-corrected chi connectivity index (χ3v) is 3.07. The molecule has 5 heteroatoms. The van der Waals surface area contributed by atoms with Crippen molar-refractivity contribution in [2.75, 3.05) is 13.3 Å². The van der Waals surface area contributed by atoms with Gasteiger partial charge in [0.1, 0.15) is 0 Å². The summed E-state index contributed by atoms with van der Waals surface area (Å²) in [6, 6.07) is 5.03. The van der Waals surface area contributed by atoms with E-state index in [0.29, 0.717) is 17.1 Å². The minimum Gasteiger partial charge on any atom is -0.454 e. The zero-order valence-corrected chi connectivity index (χ0v) is 9.77. The molecule has 0 aromatic heterocycles. The van der Waals surface area contributed by atoms with Crippen molar-refractivity contribution in [3.05, 3.63) is 23.8 Å².